The molecule has 1 aliphatic carbocycles. The lowest BCUT2D eigenvalue weighted by molar-refractivity contribution is -0.136. The van der Waals surface area contributed by atoms with E-state index in [9.17, 15) is 13.2 Å². The van der Waals surface area contributed by atoms with Crippen molar-refractivity contribution in [3.05, 3.63) is 0 Å². The van der Waals surface area contributed by atoms with E-state index in [0.717, 1.165) is 6.42 Å². The summed E-state index contributed by atoms with van der Waals surface area (Å²) in [4.78, 5) is 0. The Hall–Kier alpha value is -0.250. The zero-order chi connectivity index (χ0) is 11.0. The molecule has 4 heteroatoms. The van der Waals surface area contributed by atoms with Gasteiger partial charge in [0.1, 0.15) is 0 Å². The summed E-state index contributed by atoms with van der Waals surface area (Å²) >= 11 is 0. The van der Waals surface area contributed by atoms with Gasteiger partial charge in [-0.1, -0.05) is 13.8 Å². The van der Waals surface area contributed by atoms with Crippen LogP contribution in [-0.4, -0.2) is 19.3 Å². The normalized spacial score (nSPS) is 27.4. The predicted molar refractivity (Wildman–Crippen MR) is 50.0 cm³/mol. The molecular formula is C10H18F3N. The van der Waals surface area contributed by atoms with Crippen molar-refractivity contribution < 1.29 is 13.2 Å². The second-order valence-corrected chi connectivity index (χ2v) is 4.85. The van der Waals surface area contributed by atoms with Crippen molar-refractivity contribution in [2.75, 3.05) is 7.05 Å². The van der Waals surface area contributed by atoms with Crippen LogP contribution in [-0.2, 0) is 0 Å². The van der Waals surface area contributed by atoms with E-state index in [1.165, 1.54) is 0 Å². The van der Waals surface area contributed by atoms with Gasteiger partial charge in [-0.3, -0.25) is 0 Å². The van der Waals surface area contributed by atoms with Gasteiger partial charge in [-0.2, -0.15) is 13.2 Å². The van der Waals surface area contributed by atoms with Crippen molar-refractivity contribution in [3.8, 4) is 0 Å². The first-order valence-electron chi connectivity index (χ1n) is 5.00. The number of halogens is 3. The Morgan fingerprint density at radius 2 is 1.93 bits per heavy atom. The van der Waals surface area contributed by atoms with Crippen molar-refractivity contribution in [2.24, 2.45) is 11.3 Å². The Kier molecular flexibility index (Phi) is 3.14. The van der Waals surface area contributed by atoms with Gasteiger partial charge in [-0.25, -0.2) is 0 Å². The van der Waals surface area contributed by atoms with Crippen molar-refractivity contribution in [2.45, 2.75) is 45.3 Å². The van der Waals surface area contributed by atoms with Crippen LogP contribution in [0.2, 0.25) is 0 Å². The molecule has 0 saturated heterocycles. The predicted octanol–water partition coefficient (Wildman–Crippen LogP) is 2.96. The molecule has 0 bridgehead atoms. The van der Waals surface area contributed by atoms with E-state index in [1.54, 1.807) is 7.05 Å². The smallest absolute Gasteiger partial charge is 0.317 e. The van der Waals surface area contributed by atoms with Crippen LogP contribution in [0.5, 0.6) is 0 Å². The number of nitrogens with one attached hydrogen (secondary N) is 1. The lowest BCUT2D eigenvalue weighted by Gasteiger charge is -2.18. The first kappa shape index (κ1) is 11.8. The van der Waals surface area contributed by atoms with Gasteiger partial charge >= 0.3 is 6.18 Å². The molecule has 1 fully saturated rings. The summed E-state index contributed by atoms with van der Waals surface area (Å²) in [7, 11) is 1.75. The standard InChI is InChI=1S/C10H18F3N/c1-9(2)6-7(9)8(14-3)4-5-10(11,12)13/h7-8,14H,4-6H2,1-3H3. The van der Waals surface area contributed by atoms with Crippen LogP contribution in [0.4, 0.5) is 13.2 Å². The van der Waals surface area contributed by atoms with Gasteiger partial charge in [0.2, 0.25) is 0 Å². The Balaban J connectivity index is 2.34. The summed E-state index contributed by atoms with van der Waals surface area (Å²) in [5.41, 5.74) is 0.235. The minimum absolute atomic E-state index is 0.0200. The van der Waals surface area contributed by atoms with Crippen LogP contribution in [0.1, 0.15) is 33.1 Å². The molecule has 2 unspecified atom stereocenters. The summed E-state index contributed by atoms with van der Waals surface area (Å²) < 4.78 is 36.0. The lowest BCUT2D eigenvalue weighted by Crippen LogP contribution is -2.30. The molecule has 0 aliphatic heterocycles. The summed E-state index contributed by atoms with van der Waals surface area (Å²) in [6.07, 6.45) is -3.45. The highest BCUT2D eigenvalue weighted by Gasteiger charge is 2.49. The van der Waals surface area contributed by atoms with E-state index < -0.39 is 12.6 Å². The molecule has 2 atom stereocenters. The summed E-state index contributed by atoms with van der Waals surface area (Å²) in [5, 5.41) is 2.99. The maximum atomic E-state index is 12.0. The third kappa shape index (κ3) is 3.15. The molecule has 0 aromatic rings. The highest BCUT2D eigenvalue weighted by Crippen LogP contribution is 2.54. The quantitative estimate of drug-likeness (QED) is 0.750. The van der Waals surface area contributed by atoms with Gasteiger partial charge in [-0.15, -0.1) is 0 Å². The Morgan fingerprint density at radius 1 is 1.43 bits per heavy atom. The molecule has 0 aromatic carbocycles. The molecule has 84 valence electrons. The molecule has 1 saturated carbocycles. The zero-order valence-electron chi connectivity index (χ0n) is 8.91. The molecule has 0 amide bonds. The first-order chi connectivity index (χ1) is 6.26. The molecular weight excluding hydrogens is 191 g/mol. The first-order valence-corrected chi connectivity index (χ1v) is 5.00. The van der Waals surface area contributed by atoms with Gasteiger partial charge < -0.3 is 5.32 Å². The number of alkyl halides is 3. The molecule has 0 spiro atoms. The zero-order valence-corrected chi connectivity index (χ0v) is 8.91. The maximum absolute atomic E-state index is 12.0. The summed E-state index contributed by atoms with van der Waals surface area (Å²) in [6.45, 7) is 4.21. The number of rotatable bonds is 4. The molecule has 1 N–H and O–H groups in total. The van der Waals surface area contributed by atoms with E-state index >= 15 is 0 Å². The Bertz CT molecular complexity index is 198. The minimum Gasteiger partial charge on any atom is -0.317 e. The number of hydrogen-bond acceptors (Lipinski definition) is 1. The summed E-state index contributed by atoms with van der Waals surface area (Å²) in [5.74, 6) is 0.412. The van der Waals surface area contributed by atoms with Crippen molar-refractivity contribution in [1.82, 2.24) is 5.32 Å². The van der Waals surface area contributed by atoms with E-state index in [-0.39, 0.29) is 17.9 Å². The molecule has 1 aliphatic rings. The maximum Gasteiger partial charge on any atom is 0.389 e. The molecule has 1 nitrogen and oxygen atoms in total. The average molecular weight is 209 g/mol. The van der Waals surface area contributed by atoms with Crippen LogP contribution >= 0.6 is 0 Å². The molecule has 0 radical (unpaired) electrons. The largest absolute Gasteiger partial charge is 0.389 e. The van der Waals surface area contributed by atoms with E-state index in [4.69, 9.17) is 0 Å². The number of hydrogen-bond donors (Lipinski definition) is 1. The second-order valence-electron chi connectivity index (χ2n) is 4.85. The Morgan fingerprint density at radius 3 is 2.21 bits per heavy atom. The van der Waals surface area contributed by atoms with Crippen molar-refractivity contribution in [3.63, 3.8) is 0 Å². The summed E-state index contributed by atoms with van der Waals surface area (Å²) in [6, 6.07) is 0.0200. The van der Waals surface area contributed by atoms with Crippen LogP contribution in [0, 0.1) is 11.3 Å². The van der Waals surface area contributed by atoms with Gasteiger partial charge in [0.15, 0.2) is 0 Å². The molecule has 0 heterocycles. The van der Waals surface area contributed by atoms with Gasteiger partial charge in [0.05, 0.1) is 0 Å². The monoisotopic (exact) mass is 209 g/mol. The van der Waals surface area contributed by atoms with Gasteiger partial charge in [0, 0.05) is 12.5 Å². The van der Waals surface area contributed by atoms with E-state index in [1.807, 2.05) is 0 Å². The third-order valence-corrected chi connectivity index (χ3v) is 3.18. The van der Waals surface area contributed by atoms with Crippen molar-refractivity contribution in [1.29, 1.82) is 0 Å². The molecule has 0 aromatic heterocycles. The topological polar surface area (TPSA) is 12.0 Å². The fraction of sp³-hybridized carbons (Fsp3) is 1.00. The second kappa shape index (κ2) is 3.72. The molecule has 1 rings (SSSR count). The van der Waals surface area contributed by atoms with Crippen LogP contribution < -0.4 is 5.32 Å². The third-order valence-electron chi connectivity index (χ3n) is 3.18. The molecule has 14 heavy (non-hydrogen) atoms. The highest BCUT2D eigenvalue weighted by atomic mass is 19.4. The van der Waals surface area contributed by atoms with Crippen LogP contribution in [0.15, 0.2) is 0 Å². The minimum atomic E-state index is -4.02. The SMILES string of the molecule is CNC(CCC(F)(F)F)C1CC1(C)C. The van der Waals surface area contributed by atoms with Crippen LogP contribution in [0.3, 0.4) is 0 Å². The fourth-order valence-corrected chi connectivity index (χ4v) is 2.06. The van der Waals surface area contributed by atoms with Gasteiger partial charge in [-0.05, 0) is 31.2 Å². The van der Waals surface area contributed by atoms with Crippen LogP contribution in [0.25, 0.3) is 0 Å². The lowest BCUT2D eigenvalue weighted by atomic mass is 10.00. The Labute approximate surface area is 83.1 Å². The van der Waals surface area contributed by atoms with E-state index in [0.29, 0.717) is 5.92 Å². The highest BCUT2D eigenvalue weighted by molar-refractivity contribution is 5.01. The average Bonchev–Trinajstić information content (AvgIpc) is 2.59. The fourth-order valence-electron chi connectivity index (χ4n) is 2.06. The van der Waals surface area contributed by atoms with Crippen molar-refractivity contribution >= 4 is 0 Å². The van der Waals surface area contributed by atoms with Gasteiger partial charge in [0.25, 0.3) is 0 Å². The van der Waals surface area contributed by atoms with E-state index in [2.05, 4.69) is 19.2 Å².